The highest BCUT2D eigenvalue weighted by Gasteiger charge is 2.27. The van der Waals surface area contributed by atoms with Gasteiger partial charge in [-0.05, 0) is 56.1 Å². The van der Waals surface area contributed by atoms with E-state index in [9.17, 15) is 0 Å². The standard InChI is InChI=1S/C15H21ClN2/c1-18-9-13(10-18)14-3-2-12(8-15(14)16)11-4-6-17-7-5-11/h2-3,8,11,13,17H,4-7,9-10H2,1H3. The van der Waals surface area contributed by atoms with Gasteiger partial charge in [0.1, 0.15) is 0 Å². The summed E-state index contributed by atoms with van der Waals surface area (Å²) < 4.78 is 0. The average molecular weight is 265 g/mol. The number of halogens is 1. The maximum Gasteiger partial charge on any atom is 0.0444 e. The monoisotopic (exact) mass is 264 g/mol. The van der Waals surface area contributed by atoms with Crippen LogP contribution in [0.2, 0.25) is 5.02 Å². The molecule has 0 atom stereocenters. The second kappa shape index (κ2) is 5.20. The van der Waals surface area contributed by atoms with Gasteiger partial charge in [-0.1, -0.05) is 23.7 Å². The Balaban J connectivity index is 1.75. The molecule has 2 aliphatic heterocycles. The molecule has 0 unspecified atom stereocenters. The maximum atomic E-state index is 6.47. The number of nitrogens with one attached hydrogen (secondary N) is 1. The zero-order valence-electron chi connectivity index (χ0n) is 11.0. The molecular formula is C15H21ClN2. The third-order valence-electron chi connectivity index (χ3n) is 4.34. The first kappa shape index (κ1) is 12.5. The summed E-state index contributed by atoms with van der Waals surface area (Å²) in [7, 11) is 2.16. The molecule has 2 fully saturated rings. The normalized spacial score (nSPS) is 23.0. The summed E-state index contributed by atoms with van der Waals surface area (Å²) in [5, 5.41) is 4.39. The van der Waals surface area contributed by atoms with Gasteiger partial charge in [-0.15, -0.1) is 0 Å². The van der Waals surface area contributed by atoms with Gasteiger partial charge in [-0.2, -0.15) is 0 Å². The molecule has 0 amide bonds. The Hall–Kier alpha value is -0.570. The van der Waals surface area contributed by atoms with E-state index >= 15 is 0 Å². The summed E-state index contributed by atoms with van der Waals surface area (Å²) in [6.45, 7) is 4.56. The van der Waals surface area contributed by atoms with Crippen LogP contribution in [0.25, 0.3) is 0 Å². The van der Waals surface area contributed by atoms with Crippen molar-refractivity contribution in [2.75, 3.05) is 33.2 Å². The van der Waals surface area contributed by atoms with E-state index in [1.54, 1.807) is 0 Å². The molecule has 0 saturated carbocycles. The summed E-state index contributed by atoms with van der Waals surface area (Å²) in [6, 6.07) is 6.78. The lowest BCUT2D eigenvalue weighted by Crippen LogP contribution is -2.41. The summed E-state index contributed by atoms with van der Waals surface area (Å²) in [4.78, 5) is 2.34. The van der Waals surface area contributed by atoms with Crippen molar-refractivity contribution in [3.8, 4) is 0 Å². The second-order valence-electron chi connectivity index (χ2n) is 5.72. The van der Waals surface area contributed by atoms with Crippen molar-refractivity contribution < 1.29 is 0 Å². The predicted molar refractivity (Wildman–Crippen MR) is 76.5 cm³/mol. The topological polar surface area (TPSA) is 15.3 Å². The van der Waals surface area contributed by atoms with Gasteiger partial charge >= 0.3 is 0 Å². The second-order valence-corrected chi connectivity index (χ2v) is 6.13. The Morgan fingerprint density at radius 2 is 1.89 bits per heavy atom. The van der Waals surface area contributed by atoms with Crippen molar-refractivity contribution >= 4 is 11.6 Å². The fourth-order valence-corrected chi connectivity index (χ4v) is 3.52. The van der Waals surface area contributed by atoms with E-state index in [0.717, 1.165) is 31.2 Å². The third kappa shape index (κ3) is 2.42. The van der Waals surface area contributed by atoms with Gasteiger partial charge in [0.05, 0.1) is 0 Å². The van der Waals surface area contributed by atoms with Crippen LogP contribution in [0.4, 0.5) is 0 Å². The molecule has 2 saturated heterocycles. The largest absolute Gasteiger partial charge is 0.317 e. The van der Waals surface area contributed by atoms with Crippen molar-refractivity contribution in [3.05, 3.63) is 34.3 Å². The van der Waals surface area contributed by atoms with Gasteiger partial charge in [-0.3, -0.25) is 0 Å². The maximum absolute atomic E-state index is 6.47. The Morgan fingerprint density at radius 1 is 1.17 bits per heavy atom. The Bertz CT molecular complexity index is 421. The highest BCUT2D eigenvalue weighted by atomic mass is 35.5. The summed E-state index contributed by atoms with van der Waals surface area (Å²) in [5.41, 5.74) is 2.77. The van der Waals surface area contributed by atoms with Crippen LogP contribution in [0.15, 0.2) is 18.2 Å². The van der Waals surface area contributed by atoms with Gasteiger partial charge in [0.15, 0.2) is 0 Å². The van der Waals surface area contributed by atoms with E-state index in [4.69, 9.17) is 11.6 Å². The minimum atomic E-state index is 0.643. The van der Waals surface area contributed by atoms with Crippen molar-refractivity contribution in [3.63, 3.8) is 0 Å². The molecule has 98 valence electrons. The van der Waals surface area contributed by atoms with Crippen LogP contribution in [0.1, 0.15) is 35.8 Å². The smallest absolute Gasteiger partial charge is 0.0444 e. The van der Waals surface area contributed by atoms with Crippen LogP contribution in [0.5, 0.6) is 0 Å². The highest BCUT2D eigenvalue weighted by molar-refractivity contribution is 6.31. The minimum Gasteiger partial charge on any atom is -0.317 e. The SMILES string of the molecule is CN1CC(c2ccc(C3CCNCC3)cc2Cl)C1. The van der Waals surface area contributed by atoms with Crippen molar-refractivity contribution in [1.29, 1.82) is 0 Å². The molecule has 1 N–H and O–H groups in total. The molecule has 0 radical (unpaired) electrons. The molecule has 0 aliphatic carbocycles. The fourth-order valence-electron chi connectivity index (χ4n) is 3.18. The summed E-state index contributed by atoms with van der Waals surface area (Å²) in [5.74, 6) is 1.34. The van der Waals surface area contributed by atoms with Crippen LogP contribution < -0.4 is 5.32 Å². The fraction of sp³-hybridized carbons (Fsp3) is 0.600. The van der Waals surface area contributed by atoms with E-state index in [1.165, 1.54) is 24.0 Å². The Kier molecular flexibility index (Phi) is 3.60. The van der Waals surface area contributed by atoms with Gasteiger partial charge in [0.2, 0.25) is 0 Å². The van der Waals surface area contributed by atoms with E-state index in [-0.39, 0.29) is 0 Å². The third-order valence-corrected chi connectivity index (χ3v) is 4.67. The number of likely N-dealkylation sites (tertiary alicyclic amines) is 1. The molecular weight excluding hydrogens is 244 g/mol. The number of nitrogens with zero attached hydrogens (tertiary/aromatic N) is 1. The molecule has 0 aromatic heterocycles. The molecule has 18 heavy (non-hydrogen) atoms. The van der Waals surface area contributed by atoms with Gasteiger partial charge < -0.3 is 10.2 Å². The lowest BCUT2D eigenvalue weighted by Gasteiger charge is -2.37. The van der Waals surface area contributed by atoms with Gasteiger partial charge in [-0.25, -0.2) is 0 Å². The molecule has 1 aromatic rings. The highest BCUT2D eigenvalue weighted by Crippen LogP contribution is 2.34. The molecule has 2 heterocycles. The lowest BCUT2D eigenvalue weighted by atomic mass is 9.86. The number of hydrogen-bond acceptors (Lipinski definition) is 2. The van der Waals surface area contributed by atoms with Crippen LogP contribution in [0.3, 0.4) is 0 Å². The van der Waals surface area contributed by atoms with E-state index < -0.39 is 0 Å². The first-order valence-corrected chi connectivity index (χ1v) is 7.30. The molecule has 0 bridgehead atoms. The molecule has 3 heteroatoms. The Labute approximate surface area is 114 Å². The number of likely N-dealkylation sites (N-methyl/N-ethyl adjacent to an activating group) is 1. The van der Waals surface area contributed by atoms with Gasteiger partial charge in [0, 0.05) is 24.0 Å². The van der Waals surface area contributed by atoms with Crippen LogP contribution in [-0.2, 0) is 0 Å². The van der Waals surface area contributed by atoms with Crippen LogP contribution >= 0.6 is 11.6 Å². The number of rotatable bonds is 2. The zero-order chi connectivity index (χ0) is 12.5. The van der Waals surface area contributed by atoms with Crippen molar-refractivity contribution in [2.45, 2.75) is 24.7 Å². The van der Waals surface area contributed by atoms with Crippen LogP contribution in [0, 0.1) is 0 Å². The van der Waals surface area contributed by atoms with E-state index in [1.807, 2.05) is 0 Å². The number of benzene rings is 1. The van der Waals surface area contributed by atoms with Crippen LogP contribution in [-0.4, -0.2) is 38.1 Å². The zero-order valence-corrected chi connectivity index (χ0v) is 11.7. The quantitative estimate of drug-likeness (QED) is 0.884. The van der Waals surface area contributed by atoms with Crippen molar-refractivity contribution in [1.82, 2.24) is 10.2 Å². The van der Waals surface area contributed by atoms with Gasteiger partial charge in [0.25, 0.3) is 0 Å². The average Bonchev–Trinajstić information content (AvgIpc) is 2.36. The molecule has 2 aliphatic rings. The molecule has 1 aromatic carbocycles. The van der Waals surface area contributed by atoms with E-state index in [0.29, 0.717) is 11.8 Å². The molecule has 2 nitrogen and oxygen atoms in total. The summed E-state index contributed by atoms with van der Waals surface area (Å²) >= 11 is 6.47. The number of piperidine rings is 1. The molecule has 0 spiro atoms. The predicted octanol–water partition coefficient (Wildman–Crippen LogP) is 2.84. The van der Waals surface area contributed by atoms with Crippen molar-refractivity contribution in [2.24, 2.45) is 0 Å². The first-order valence-electron chi connectivity index (χ1n) is 6.92. The minimum absolute atomic E-state index is 0.643. The summed E-state index contributed by atoms with van der Waals surface area (Å²) in [6.07, 6.45) is 2.48. The lowest BCUT2D eigenvalue weighted by molar-refractivity contribution is 0.190. The molecule has 3 rings (SSSR count). The number of hydrogen-bond donors (Lipinski definition) is 1. The van der Waals surface area contributed by atoms with E-state index in [2.05, 4.69) is 35.5 Å². The Morgan fingerprint density at radius 3 is 2.50 bits per heavy atom. The first-order chi connectivity index (χ1) is 8.74.